The van der Waals surface area contributed by atoms with E-state index >= 15 is 0 Å². The minimum atomic E-state index is -3.61. The Labute approximate surface area is 192 Å². The lowest BCUT2D eigenvalue weighted by molar-refractivity contribution is -0.121. The molecule has 2 heterocycles. The van der Waals surface area contributed by atoms with Crippen LogP contribution in [0.15, 0.2) is 56.6 Å². The quantitative estimate of drug-likeness (QED) is 0.510. The zero-order valence-corrected chi connectivity index (χ0v) is 19.3. The van der Waals surface area contributed by atoms with E-state index in [1.54, 1.807) is 13.2 Å². The molecule has 0 atom stereocenters. The molecular weight excluding hydrogens is 446 g/mol. The van der Waals surface area contributed by atoms with Crippen molar-refractivity contribution in [2.24, 2.45) is 0 Å². The van der Waals surface area contributed by atoms with Crippen molar-refractivity contribution >= 4 is 27.0 Å². The second-order valence-corrected chi connectivity index (χ2v) is 9.98. The second-order valence-electron chi connectivity index (χ2n) is 8.04. The van der Waals surface area contributed by atoms with Crippen molar-refractivity contribution in [3.63, 3.8) is 0 Å². The number of oxazole rings is 1. The van der Waals surface area contributed by atoms with Gasteiger partial charge in [0.25, 0.3) is 0 Å². The maximum atomic E-state index is 12.8. The lowest BCUT2D eigenvalue weighted by atomic mass is 10.1. The van der Waals surface area contributed by atoms with Gasteiger partial charge in [0, 0.05) is 45.8 Å². The average Bonchev–Trinajstić information content (AvgIpc) is 3.44. The summed E-state index contributed by atoms with van der Waals surface area (Å²) in [4.78, 5) is 24.8. The smallest absolute Gasteiger partial charge is 0.408 e. The van der Waals surface area contributed by atoms with Crippen molar-refractivity contribution in [2.75, 3.05) is 20.2 Å². The van der Waals surface area contributed by atoms with Gasteiger partial charge < -0.3 is 14.5 Å². The third kappa shape index (κ3) is 5.18. The summed E-state index contributed by atoms with van der Waals surface area (Å²) in [6, 6.07) is 12.2. The number of aryl methyl sites for hydroxylation is 1. The first kappa shape index (κ1) is 23.2. The molecule has 1 aromatic heterocycles. The zero-order valence-electron chi connectivity index (χ0n) is 18.5. The minimum absolute atomic E-state index is 0.0835. The number of rotatable bonds is 9. The summed E-state index contributed by atoms with van der Waals surface area (Å²) in [7, 11) is -1.98. The van der Waals surface area contributed by atoms with Gasteiger partial charge in [0.2, 0.25) is 15.9 Å². The predicted molar refractivity (Wildman–Crippen MR) is 122 cm³/mol. The van der Waals surface area contributed by atoms with Crippen LogP contribution in [0.2, 0.25) is 0 Å². The van der Waals surface area contributed by atoms with E-state index < -0.39 is 15.8 Å². The Morgan fingerprint density at radius 2 is 1.88 bits per heavy atom. The number of nitrogens with one attached hydrogen (secondary N) is 1. The van der Waals surface area contributed by atoms with Crippen LogP contribution in [0, 0.1) is 0 Å². The highest BCUT2D eigenvalue weighted by Crippen LogP contribution is 2.24. The van der Waals surface area contributed by atoms with Crippen LogP contribution < -0.4 is 11.1 Å². The molecule has 33 heavy (non-hydrogen) atoms. The summed E-state index contributed by atoms with van der Waals surface area (Å²) in [5, 5.41) is 2.85. The number of hydrogen-bond acceptors (Lipinski definition) is 6. The summed E-state index contributed by atoms with van der Waals surface area (Å²) in [6.45, 7) is 1.99. The number of nitrogens with zero attached hydrogens (tertiary/aromatic N) is 2. The standard InChI is InChI=1S/C23H27N3O6S/c1-31-16-18-6-4-5-17(13-18)15-24-22(27)9-12-26-20-8-7-19(14-21(20)32-23(26)28)33(29,30)25-10-2-3-11-25/h4-8,13-14H,2-3,9-12,15-16H2,1H3,(H,24,27). The third-order valence-corrected chi connectivity index (χ3v) is 7.59. The Kier molecular flexibility index (Phi) is 6.96. The van der Waals surface area contributed by atoms with E-state index in [0.29, 0.717) is 31.8 Å². The van der Waals surface area contributed by atoms with Crippen LogP contribution in [0.5, 0.6) is 0 Å². The van der Waals surface area contributed by atoms with Gasteiger partial charge in [0.05, 0.1) is 17.0 Å². The number of sulfonamides is 1. The van der Waals surface area contributed by atoms with Crippen LogP contribution in [0.4, 0.5) is 0 Å². The van der Waals surface area contributed by atoms with Crippen molar-refractivity contribution < 1.29 is 22.4 Å². The van der Waals surface area contributed by atoms with Crippen molar-refractivity contribution in [3.05, 3.63) is 64.1 Å². The first-order valence-electron chi connectivity index (χ1n) is 10.9. The highest BCUT2D eigenvalue weighted by Gasteiger charge is 2.28. The summed E-state index contributed by atoms with van der Waals surface area (Å²) in [6.07, 6.45) is 1.77. The number of carbonyl (C=O) groups excluding carboxylic acids is 1. The molecule has 4 rings (SSSR count). The molecule has 1 aliphatic heterocycles. The Morgan fingerprint density at radius 3 is 2.64 bits per heavy atom. The van der Waals surface area contributed by atoms with Crippen LogP contribution in [0.25, 0.3) is 11.1 Å². The van der Waals surface area contributed by atoms with Crippen LogP contribution in [0.1, 0.15) is 30.4 Å². The molecule has 1 saturated heterocycles. The van der Waals surface area contributed by atoms with Gasteiger partial charge in [-0.2, -0.15) is 4.31 Å². The van der Waals surface area contributed by atoms with E-state index in [4.69, 9.17) is 9.15 Å². The summed E-state index contributed by atoms with van der Waals surface area (Å²) in [5.41, 5.74) is 2.62. The third-order valence-electron chi connectivity index (χ3n) is 5.70. The summed E-state index contributed by atoms with van der Waals surface area (Å²) in [5.74, 6) is -0.831. The molecule has 1 fully saturated rings. The lowest BCUT2D eigenvalue weighted by Crippen LogP contribution is -2.27. The summed E-state index contributed by atoms with van der Waals surface area (Å²) >= 11 is 0. The highest BCUT2D eigenvalue weighted by molar-refractivity contribution is 7.89. The normalized spacial score (nSPS) is 14.7. The lowest BCUT2D eigenvalue weighted by Gasteiger charge is -2.15. The monoisotopic (exact) mass is 473 g/mol. The highest BCUT2D eigenvalue weighted by atomic mass is 32.2. The maximum absolute atomic E-state index is 12.8. The van der Waals surface area contributed by atoms with E-state index in [2.05, 4.69) is 5.32 Å². The predicted octanol–water partition coefficient (Wildman–Crippen LogP) is 2.23. The molecule has 1 amide bonds. The molecule has 3 aromatic rings. The molecule has 0 spiro atoms. The Morgan fingerprint density at radius 1 is 1.12 bits per heavy atom. The van der Waals surface area contributed by atoms with E-state index in [0.717, 1.165) is 24.0 Å². The van der Waals surface area contributed by atoms with E-state index in [-0.39, 0.29) is 29.4 Å². The van der Waals surface area contributed by atoms with Crippen molar-refractivity contribution in [1.29, 1.82) is 0 Å². The topological polar surface area (TPSA) is 111 Å². The van der Waals surface area contributed by atoms with Gasteiger partial charge in [0.15, 0.2) is 5.58 Å². The zero-order chi connectivity index (χ0) is 23.4. The fourth-order valence-electron chi connectivity index (χ4n) is 3.99. The first-order valence-corrected chi connectivity index (χ1v) is 12.3. The molecule has 176 valence electrons. The van der Waals surface area contributed by atoms with Crippen LogP contribution in [-0.4, -0.2) is 43.4 Å². The van der Waals surface area contributed by atoms with E-state index in [1.807, 2.05) is 24.3 Å². The van der Waals surface area contributed by atoms with Crippen LogP contribution in [-0.2, 0) is 39.3 Å². The second kappa shape index (κ2) is 9.90. The number of benzene rings is 2. The van der Waals surface area contributed by atoms with Crippen molar-refractivity contribution in [1.82, 2.24) is 14.2 Å². The van der Waals surface area contributed by atoms with Gasteiger partial charge in [-0.1, -0.05) is 24.3 Å². The molecule has 0 radical (unpaired) electrons. The van der Waals surface area contributed by atoms with E-state index in [9.17, 15) is 18.0 Å². The van der Waals surface area contributed by atoms with Gasteiger partial charge in [-0.3, -0.25) is 9.36 Å². The Hall–Kier alpha value is -2.95. The fraction of sp³-hybridized carbons (Fsp3) is 0.391. The van der Waals surface area contributed by atoms with Gasteiger partial charge in [-0.15, -0.1) is 0 Å². The van der Waals surface area contributed by atoms with Crippen molar-refractivity contribution in [2.45, 2.75) is 43.9 Å². The molecule has 10 heteroatoms. The molecule has 1 N–H and O–H groups in total. The molecule has 0 bridgehead atoms. The van der Waals surface area contributed by atoms with Gasteiger partial charge in [-0.25, -0.2) is 13.2 Å². The van der Waals surface area contributed by atoms with Crippen LogP contribution >= 0.6 is 0 Å². The van der Waals surface area contributed by atoms with E-state index in [1.165, 1.54) is 21.0 Å². The van der Waals surface area contributed by atoms with Gasteiger partial charge in [-0.05, 0) is 36.1 Å². The van der Waals surface area contributed by atoms with Gasteiger partial charge >= 0.3 is 5.76 Å². The molecule has 0 saturated carbocycles. The fourth-order valence-corrected chi connectivity index (χ4v) is 5.53. The summed E-state index contributed by atoms with van der Waals surface area (Å²) < 4.78 is 38.7. The molecule has 0 aliphatic carbocycles. The average molecular weight is 474 g/mol. The molecule has 0 unspecified atom stereocenters. The Bertz CT molecular complexity index is 1310. The number of aromatic nitrogens is 1. The maximum Gasteiger partial charge on any atom is 0.419 e. The number of fused-ring (bicyclic) bond motifs is 1. The molecule has 2 aromatic carbocycles. The molecule has 9 nitrogen and oxygen atoms in total. The number of ether oxygens (including phenoxy) is 1. The SMILES string of the molecule is COCc1cccc(CNC(=O)CCn2c(=O)oc3cc(S(=O)(=O)N4CCCC4)ccc32)c1. The van der Waals surface area contributed by atoms with Crippen LogP contribution in [0.3, 0.4) is 0 Å². The Balaban J connectivity index is 1.41. The number of hydrogen-bond donors (Lipinski definition) is 1. The number of methoxy groups -OCH3 is 1. The molecular formula is C23H27N3O6S. The minimum Gasteiger partial charge on any atom is -0.408 e. The number of carbonyl (C=O) groups is 1. The number of amides is 1. The molecule has 1 aliphatic rings. The first-order chi connectivity index (χ1) is 15.9. The van der Waals surface area contributed by atoms with Gasteiger partial charge in [0.1, 0.15) is 0 Å². The van der Waals surface area contributed by atoms with Crippen molar-refractivity contribution in [3.8, 4) is 0 Å². The largest absolute Gasteiger partial charge is 0.419 e.